The molecule has 2 aliphatic rings. The summed E-state index contributed by atoms with van der Waals surface area (Å²) in [5, 5.41) is 2.65. The summed E-state index contributed by atoms with van der Waals surface area (Å²) >= 11 is 0. The van der Waals surface area contributed by atoms with E-state index >= 15 is 0 Å². The van der Waals surface area contributed by atoms with Crippen molar-refractivity contribution >= 4 is 17.6 Å². The van der Waals surface area contributed by atoms with Crippen LogP contribution in [-0.4, -0.2) is 54.2 Å². The van der Waals surface area contributed by atoms with Gasteiger partial charge in [0.05, 0.1) is 0 Å². The Hall–Kier alpha value is -3.36. The van der Waals surface area contributed by atoms with Crippen molar-refractivity contribution in [3.63, 3.8) is 0 Å². The number of hydrogen-bond donors (Lipinski definition) is 1. The molecule has 0 unspecified atom stereocenters. The van der Waals surface area contributed by atoms with Crippen LogP contribution < -0.4 is 14.8 Å². The lowest BCUT2D eigenvalue weighted by atomic mass is 10.2. The number of alkyl halides is 2. The number of hydrogen-bond acceptors (Lipinski definition) is 4. The summed E-state index contributed by atoms with van der Waals surface area (Å²) in [6.07, 6.45) is -3.70. The van der Waals surface area contributed by atoms with E-state index in [1.54, 1.807) is 34.1 Å². The molecular weight excluding hydrogens is 372 g/mol. The quantitative estimate of drug-likeness (QED) is 0.857. The maximum atomic E-state index is 13.1. The topological polar surface area (TPSA) is 71.1 Å². The fraction of sp³-hybridized carbons (Fsp3) is 0.263. The van der Waals surface area contributed by atoms with Gasteiger partial charge in [-0.05, 0) is 24.3 Å². The average Bonchev–Trinajstić information content (AvgIpc) is 3.01. The summed E-state index contributed by atoms with van der Waals surface area (Å²) in [7, 11) is 0. The molecule has 0 spiro atoms. The molecule has 0 aliphatic carbocycles. The van der Waals surface area contributed by atoms with Crippen LogP contribution in [0.5, 0.6) is 11.5 Å². The maximum Gasteiger partial charge on any atom is 0.586 e. The molecule has 28 heavy (non-hydrogen) atoms. The number of nitrogens with zero attached hydrogens (tertiary/aromatic N) is 2. The molecule has 7 nitrogen and oxygen atoms in total. The molecule has 3 amide bonds. The first kappa shape index (κ1) is 18.0. The molecule has 2 heterocycles. The SMILES string of the molecule is O=C(Nc1ccc2c(c1)OC(F)(F)O2)N1CCN(C(=O)c2ccccc2)CC1. The highest BCUT2D eigenvalue weighted by Crippen LogP contribution is 2.42. The second kappa shape index (κ2) is 6.99. The van der Waals surface area contributed by atoms with Crippen LogP contribution >= 0.6 is 0 Å². The van der Waals surface area contributed by atoms with Gasteiger partial charge in [-0.2, -0.15) is 0 Å². The second-order valence-electron chi connectivity index (χ2n) is 6.40. The van der Waals surface area contributed by atoms with Crippen LogP contribution in [0.4, 0.5) is 19.3 Å². The minimum Gasteiger partial charge on any atom is -0.395 e. The summed E-state index contributed by atoms with van der Waals surface area (Å²) in [5.74, 6) is -0.297. The van der Waals surface area contributed by atoms with Gasteiger partial charge in [-0.25, -0.2) is 4.79 Å². The number of nitrogens with one attached hydrogen (secondary N) is 1. The number of ether oxygens (including phenoxy) is 2. The molecule has 9 heteroatoms. The predicted octanol–water partition coefficient (Wildman–Crippen LogP) is 3.00. The molecule has 1 N–H and O–H groups in total. The Morgan fingerprint density at radius 1 is 0.893 bits per heavy atom. The van der Waals surface area contributed by atoms with Crippen molar-refractivity contribution in [2.75, 3.05) is 31.5 Å². The molecule has 4 rings (SSSR count). The van der Waals surface area contributed by atoms with Crippen LogP contribution in [0.15, 0.2) is 48.5 Å². The van der Waals surface area contributed by atoms with Crippen LogP contribution in [0.3, 0.4) is 0 Å². The van der Waals surface area contributed by atoms with E-state index in [1.807, 2.05) is 6.07 Å². The first-order chi connectivity index (χ1) is 13.4. The first-order valence-corrected chi connectivity index (χ1v) is 8.71. The number of piperazine rings is 1. The molecule has 2 aromatic rings. The smallest absolute Gasteiger partial charge is 0.395 e. The normalized spacial score (nSPS) is 17.4. The monoisotopic (exact) mass is 389 g/mol. The van der Waals surface area contributed by atoms with Crippen molar-refractivity contribution in [3.8, 4) is 11.5 Å². The molecule has 2 aromatic carbocycles. The number of anilines is 1. The van der Waals surface area contributed by atoms with Gasteiger partial charge in [0.15, 0.2) is 11.5 Å². The van der Waals surface area contributed by atoms with Crippen molar-refractivity contribution < 1.29 is 27.8 Å². The maximum absolute atomic E-state index is 13.1. The number of rotatable bonds is 2. The Morgan fingerprint density at radius 3 is 2.25 bits per heavy atom. The highest BCUT2D eigenvalue weighted by atomic mass is 19.3. The van der Waals surface area contributed by atoms with Gasteiger partial charge < -0.3 is 24.6 Å². The average molecular weight is 389 g/mol. The molecule has 1 saturated heterocycles. The van der Waals surface area contributed by atoms with Gasteiger partial charge in [0.25, 0.3) is 5.91 Å². The third kappa shape index (κ3) is 3.68. The Labute approximate surface area is 159 Å². The molecule has 146 valence electrons. The van der Waals surface area contributed by atoms with Crippen molar-refractivity contribution in [1.82, 2.24) is 9.80 Å². The summed E-state index contributed by atoms with van der Waals surface area (Å²) in [6, 6.07) is 12.6. The highest BCUT2D eigenvalue weighted by Gasteiger charge is 2.43. The van der Waals surface area contributed by atoms with E-state index < -0.39 is 6.29 Å². The molecule has 2 aliphatic heterocycles. The van der Waals surface area contributed by atoms with Crippen molar-refractivity contribution in [1.29, 1.82) is 0 Å². The van der Waals surface area contributed by atoms with E-state index in [-0.39, 0.29) is 23.4 Å². The van der Waals surface area contributed by atoms with E-state index in [2.05, 4.69) is 14.8 Å². The second-order valence-corrected chi connectivity index (χ2v) is 6.40. The van der Waals surface area contributed by atoms with E-state index in [4.69, 9.17) is 0 Å². The van der Waals surface area contributed by atoms with Gasteiger partial charge in [-0.15, -0.1) is 8.78 Å². The summed E-state index contributed by atoms with van der Waals surface area (Å²) < 4.78 is 34.9. The molecule has 1 fully saturated rings. The summed E-state index contributed by atoms with van der Waals surface area (Å²) in [6.45, 7) is 1.56. The number of carbonyl (C=O) groups excluding carboxylic acids is 2. The Kier molecular flexibility index (Phi) is 4.50. The minimum atomic E-state index is -3.70. The standard InChI is InChI=1S/C19H17F2N3O4/c20-19(21)27-15-7-6-14(12-16(15)28-19)22-18(26)24-10-8-23(9-11-24)17(25)13-4-2-1-3-5-13/h1-7,12H,8-11H2,(H,22,26). The fourth-order valence-corrected chi connectivity index (χ4v) is 3.11. The van der Waals surface area contributed by atoms with Crippen LogP contribution in [0.1, 0.15) is 10.4 Å². The van der Waals surface area contributed by atoms with Crippen LogP contribution in [-0.2, 0) is 0 Å². The molecule has 0 radical (unpaired) electrons. The van der Waals surface area contributed by atoms with E-state index in [1.165, 1.54) is 18.2 Å². The highest BCUT2D eigenvalue weighted by molar-refractivity contribution is 5.94. The number of amides is 3. The van der Waals surface area contributed by atoms with E-state index in [0.29, 0.717) is 37.4 Å². The summed E-state index contributed by atoms with van der Waals surface area (Å²) in [4.78, 5) is 28.1. The molecular formula is C19H17F2N3O4. The van der Waals surface area contributed by atoms with E-state index in [0.717, 1.165) is 0 Å². The minimum absolute atomic E-state index is 0.0719. The zero-order valence-corrected chi connectivity index (χ0v) is 14.7. The Balaban J connectivity index is 1.33. The molecule has 0 aromatic heterocycles. The van der Waals surface area contributed by atoms with Crippen molar-refractivity contribution in [3.05, 3.63) is 54.1 Å². The van der Waals surface area contributed by atoms with Gasteiger partial charge >= 0.3 is 12.3 Å². The number of benzene rings is 2. The van der Waals surface area contributed by atoms with Gasteiger partial charge in [0.1, 0.15) is 0 Å². The predicted molar refractivity (Wildman–Crippen MR) is 95.6 cm³/mol. The Bertz CT molecular complexity index is 899. The lowest BCUT2D eigenvalue weighted by Gasteiger charge is -2.34. The fourth-order valence-electron chi connectivity index (χ4n) is 3.11. The van der Waals surface area contributed by atoms with Crippen LogP contribution in [0, 0.1) is 0 Å². The first-order valence-electron chi connectivity index (χ1n) is 8.71. The van der Waals surface area contributed by atoms with Crippen LogP contribution in [0.2, 0.25) is 0 Å². The van der Waals surface area contributed by atoms with Gasteiger partial charge in [0, 0.05) is 43.5 Å². The third-order valence-electron chi connectivity index (χ3n) is 4.53. The number of carbonyl (C=O) groups is 2. The largest absolute Gasteiger partial charge is 0.586 e. The third-order valence-corrected chi connectivity index (χ3v) is 4.53. The van der Waals surface area contributed by atoms with Gasteiger partial charge in [-0.1, -0.05) is 18.2 Å². The zero-order chi connectivity index (χ0) is 19.7. The Morgan fingerprint density at radius 2 is 1.54 bits per heavy atom. The van der Waals surface area contributed by atoms with Crippen molar-refractivity contribution in [2.45, 2.75) is 6.29 Å². The van der Waals surface area contributed by atoms with Gasteiger partial charge in [0.2, 0.25) is 0 Å². The molecule has 0 atom stereocenters. The lowest BCUT2D eigenvalue weighted by Crippen LogP contribution is -2.51. The zero-order valence-electron chi connectivity index (χ0n) is 14.7. The molecule has 0 saturated carbocycles. The lowest BCUT2D eigenvalue weighted by molar-refractivity contribution is -0.286. The number of urea groups is 1. The van der Waals surface area contributed by atoms with Crippen molar-refractivity contribution in [2.24, 2.45) is 0 Å². The molecule has 0 bridgehead atoms. The number of fused-ring (bicyclic) bond motifs is 1. The van der Waals surface area contributed by atoms with E-state index in [9.17, 15) is 18.4 Å². The van der Waals surface area contributed by atoms with Crippen LogP contribution in [0.25, 0.3) is 0 Å². The number of halogens is 2. The van der Waals surface area contributed by atoms with Gasteiger partial charge in [-0.3, -0.25) is 4.79 Å². The summed E-state index contributed by atoms with van der Waals surface area (Å²) in [5.41, 5.74) is 0.922.